The van der Waals surface area contributed by atoms with Crippen LogP contribution >= 0.6 is 27.3 Å². The van der Waals surface area contributed by atoms with Crippen LogP contribution in [0.3, 0.4) is 0 Å². The molecule has 0 saturated heterocycles. The molecule has 0 aliphatic heterocycles. The first-order chi connectivity index (χ1) is 6.68. The number of hydrogen-bond acceptors (Lipinski definition) is 2. The number of rotatable bonds is 1. The van der Waals surface area contributed by atoms with Crippen molar-refractivity contribution in [1.29, 1.82) is 0 Å². The smallest absolute Gasteiger partial charge is 0.0508 e. The Morgan fingerprint density at radius 2 is 2.00 bits per heavy atom. The van der Waals surface area contributed by atoms with Gasteiger partial charge >= 0.3 is 0 Å². The second kappa shape index (κ2) is 3.75. The quantitative estimate of drug-likeness (QED) is 0.775. The van der Waals surface area contributed by atoms with Gasteiger partial charge in [0, 0.05) is 20.6 Å². The van der Waals surface area contributed by atoms with Crippen LogP contribution in [0.2, 0.25) is 0 Å². The molecular formula is C11H10BrNS. The van der Waals surface area contributed by atoms with Gasteiger partial charge in [-0.05, 0) is 35.0 Å². The van der Waals surface area contributed by atoms with E-state index in [0.717, 1.165) is 15.7 Å². The maximum absolute atomic E-state index is 5.92. The molecular weight excluding hydrogens is 258 g/mol. The fourth-order valence-corrected chi connectivity index (χ4v) is 3.27. The van der Waals surface area contributed by atoms with Gasteiger partial charge in [-0.15, -0.1) is 11.3 Å². The maximum Gasteiger partial charge on any atom is 0.0508 e. The van der Waals surface area contributed by atoms with Gasteiger partial charge in [0.2, 0.25) is 0 Å². The van der Waals surface area contributed by atoms with Gasteiger partial charge in [0.25, 0.3) is 0 Å². The average Bonchev–Trinajstić information content (AvgIpc) is 2.46. The van der Waals surface area contributed by atoms with Crippen molar-refractivity contribution in [2.24, 2.45) is 0 Å². The van der Waals surface area contributed by atoms with E-state index in [-0.39, 0.29) is 0 Å². The highest BCUT2D eigenvalue weighted by molar-refractivity contribution is 9.10. The van der Waals surface area contributed by atoms with Crippen molar-refractivity contribution in [2.75, 3.05) is 5.73 Å². The number of thiophene rings is 1. The highest BCUT2D eigenvalue weighted by Crippen LogP contribution is 2.38. The summed E-state index contributed by atoms with van der Waals surface area (Å²) in [5.74, 6) is 0. The van der Waals surface area contributed by atoms with Crippen LogP contribution in [0.5, 0.6) is 0 Å². The molecule has 2 rings (SSSR count). The zero-order chi connectivity index (χ0) is 10.1. The number of anilines is 1. The summed E-state index contributed by atoms with van der Waals surface area (Å²) in [5, 5.41) is 0. The number of nitrogens with two attached hydrogens (primary N) is 1. The van der Waals surface area contributed by atoms with Gasteiger partial charge in [-0.25, -0.2) is 0 Å². The number of para-hydroxylation sites is 1. The van der Waals surface area contributed by atoms with Crippen molar-refractivity contribution < 1.29 is 0 Å². The summed E-state index contributed by atoms with van der Waals surface area (Å²) >= 11 is 5.30. The molecule has 0 fully saturated rings. The Kier molecular flexibility index (Phi) is 2.61. The van der Waals surface area contributed by atoms with Gasteiger partial charge < -0.3 is 5.73 Å². The van der Waals surface area contributed by atoms with E-state index in [4.69, 9.17) is 5.73 Å². The summed E-state index contributed by atoms with van der Waals surface area (Å²) < 4.78 is 1.12. The molecule has 0 aliphatic carbocycles. The summed E-state index contributed by atoms with van der Waals surface area (Å²) in [4.78, 5) is 2.50. The lowest BCUT2D eigenvalue weighted by molar-refractivity contribution is 1.61. The molecule has 2 N–H and O–H groups in total. The molecule has 1 nitrogen and oxygen atoms in total. The summed E-state index contributed by atoms with van der Waals surface area (Å²) in [6.07, 6.45) is 0. The molecule has 0 spiro atoms. The average molecular weight is 268 g/mol. The fraction of sp³-hybridized carbons (Fsp3) is 0.0909. The minimum atomic E-state index is 0.829. The van der Waals surface area contributed by atoms with Crippen molar-refractivity contribution in [1.82, 2.24) is 0 Å². The molecule has 0 atom stereocenters. The SMILES string of the molecule is Cc1cc(Br)c(-c2ccccc2N)s1. The largest absolute Gasteiger partial charge is 0.398 e. The van der Waals surface area contributed by atoms with Gasteiger partial charge in [0.1, 0.15) is 0 Å². The molecule has 0 amide bonds. The third-order valence-corrected chi connectivity index (χ3v) is 3.99. The summed E-state index contributed by atoms with van der Waals surface area (Å²) in [7, 11) is 0. The van der Waals surface area contributed by atoms with Crippen LogP contribution in [0.15, 0.2) is 34.8 Å². The first-order valence-corrected chi connectivity index (χ1v) is 5.90. The summed E-state index contributed by atoms with van der Waals surface area (Å²) in [5.41, 5.74) is 7.85. The van der Waals surface area contributed by atoms with Crippen LogP contribution in [0, 0.1) is 6.92 Å². The highest BCUT2D eigenvalue weighted by atomic mass is 79.9. The number of benzene rings is 1. The van der Waals surface area contributed by atoms with Crippen LogP contribution in [0.25, 0.3) is 10.4 Å². The number of nitrogen functional groups attached to an aromatic ring is 1. The standard InChI is InChI=1S/C11H10BrNS/c1-7-6-9(12)11(14-7)8-4-2-3-5-10(8)13/h2-6H,13H2,1H3. The minimum Gasteiger partial charge on any atom is -0.398 e. The lowest BCUT2D eigenvalue weighted by Gasteiger charge is -2.02. The molecule has 0 saturated carbocycles. The molecule has 1 heterocycles. The molecule has 14 heavy (non-hydrogen) atoms. The number of aryl methyl sites for hydroxylation is 1. The zero-order valence-electron chi connectivity index (χ0n) is 7.75. The van der Waals surface area contributed by atoms with E-state index >= 15 is 0 Å². The fourth-order valence-electron chi connectivity index (χ4n) is 1.37. The van der Waals surface area contributed by atoms with E-state index in [9.17, 15) is 0 Å². The van der Waals surface area contributed by atoms with Gasteiger partial charge in [-0.1, -0.05) is 18.2 Å². The lowest BCUT2D eigenvalue weighted by Crippen LogP contribution is -1.87. The predicted octanol–water partition coefficient (Wildman–Crippen LogP) is 4.07. The van der Waals surface area contributed by atoms with E-state index in [1.165, 1.54) is 9.75 Å². The van der Waals surface area contributed by atoms with Crippen LogP contribution in [-0.2, 0) is 0 Å². The lowest BCUT2D eigenvalue weighted by atomic mass is 10.1. The summed E-state index contributed by atoms with van der Waals surface area (Å²) in [6.45, 7) is 2.10. The first kappa shape index (κ1) is 9.74. The molecule has 0 aliphatic rings. The van der Waals surface area contributed by atoms with Gasteiger partial charge in [-0.3, -0.25) is 0 Å². The second-order valence-corrected chi connectivity index (χ2v) is 5.23. The minimum absolute atomic E-state index is 0.829. The van der Waals surface area contributed by atoms with Crippen LogP contribution < -0.4 is 5.73 Å². The maximum atomic E-state index is 5.92. The van der Waals surface area contributed by atoms with Gasteiger partial charge in [-0.2, -0.15) is 0 Å². The topological polar surface area (TPSA) is 26.0 Å². The van der Waals surface area contributed by atoms with Crippen LogP contribution in [-0.4, -0.2) is 0 Å². The van der Waals surface area contributed by atoms with Crippen LogP contribution in [0.1, 0.15) is 4.88 Å². The van der Waals surface area contributed by atoms with Gasteiger partial charge in [0.15, 0.2) is 0 Å². The van der Waals surface area contributed by atoms with E-state index in [0.29, 0.717) is 0 Å². The van der Waals surface area contributed by atoms with E-state index < -0.39 is 0 Å². The van der Waals surface area contributed by atoms with E-state index in [1.807, 2.05) is 24.3 Å². The Hall–Kier alpha value is -0.800. The van der Waals surface area contributed by atoms with Crippen LogP contribution in [0.4, 0.5) is 5.69 Å². The van der Waals surface area contributed by atoms with Gasteiger partial charge in [0.05, 0.1) is 4.88 Å². The molecule has 72 valence electrons. The van der Waals surface area contributed by atoms with E-state index in [2.05, 4.69) is 28.9 Å². The van der Waals surface area contributed by atoms with Crippen molar-refractivity contribution in [3.05, 3.63) is 39.7 Å². The Morgan fingerprint density at radius 3 is 2.57 bits per heavy atom. The molecule has 1 aromatic carbocycles. The predicted molar refractivity (Wildman–Crippen MR) is 66.6 cm³/mol. The number of halogens is 1. The molecule has 1 aromatic heterocycles. The normalized spacial score (nSPS) is 10.4. The van der Waals surface area contributed by atoms with Crippen molar-refractivity contribution in [3.63, 3.8) is 0 Å². The van der Waals surface area contributed by atoms with Crippen molar-refractivity contribution in [3.8, 4) is 10.4 Å². The van der Waals surface area contributed by atoms with E-state index in [1.54, 1.807) is 11.3 Å². The Morgan fingerprint density at radius 1 is 1.29 bits per heavy atom. The Labute approximate surface area is 95.7 Å². The first-order valence-electron chi connectivity index (χ1n) is 4.29. The summed E-state index contributed by atoms with van der Waals surface area (Å²) in [6, 6.07) is 10.1. The highest BCUT2D eigenvalue weighted by Gasteiger charge is 2.08. The molecule has 0 unspecified atom stereocenters. The van der Waals surface area contributed by atoms with Crippen molar-refractivity contribution >= 4 is 33.0 Å². The second-order valence-electron chi connectivity index (χ2n) is 3.12. The monoisotopic (exact) mass is 267 g/mol. The molecule has 2 aromatic rings. The number of hydrogen-bond donors (Lipinski definition) is 1. The Bertz CT molecular complexity index is 462. The third kappa shape index (κ3) is 1.70. The Balaban J connectivity index is 2.60. The zero-order valence-corrected chi connectivity index (χ0v) is 10.2. The third-order valence-electron chi connectivity index (χ3n) is 2.02. The molecule has 0 radical (unpaired) electrons. The molecule has 0 bridgehead atoms. The van der Waals surface area contributed by atoms with Crippen molar-refractivity contribution in [2.45, 2.75) is 6.92 Å². The molecule has 3 heteroatoms.